The molecule has 1 aromatic carbocycles. The van der Waals surface area contributed by atoms with E-state index in [0.29, 0.717) is 23.4 Å². The fourth-order valence-corrected chi connectivity index (χ4v) is 4.37. The lowest BCUT2D eigenvalue weighted by Gasteiger charge is -2.24. The Labute approximate surface area is 217 Å². The maximum atomic E-state index is 11.9. The normalized spacial score (nSPS) is 12.7. The summed E-state index contributed by atoms with van der Waals surface area (Å²) in [5, 5.41) is 22.2. The van der Waals surface area contributed by atoms with Crippen molar-refractivity contribution in [3.8, 4) is 22.6 Å². The Morgan fingerprint density at radius 3 is 2.92 bits per heavy atom. The molecule has 0 spiro atoms. The Morgan fingerprint density at radius 1 is 1.18 bits per heavy atom. The molecular weight excluding hydrogens is 483 g/mol. The number of nitrogens with one attached hydrogen (secondary N) is 2. The Morgan fingerprint density at radius 2 is 2.08 bits per heavy atom. The number of H-pyrrole nitrogens is 1. The molecule has 6 rings (SSSR count). The van der Waals surface area contributed by atoms with Crippen LogP contribution >= 0.6 is 0 Å². The molecular formula is C25H23BN10O2. The highest BCUT2D eigenvalue weighted by atomic mass is 16.2. The Balaban J connectivity index is 1.29. The molecule has 0 bridgehead atoms. The monoisotopic (exact) mass is 506 g/mol. The van der Waals surface area contributed by atoms with Crippen molar-refractivity contribution >= 4 is 36.0 Å². The molecule has 188 valence electrons. The van der Waals surface area contributed by atoms with Crippen LogP contribution in [0.5, 0.6) is 0 Å². The number of hydrogen-bond acceptors (Lipinski definition) is 9. The van der Waals surface area contributed by atoms with Crippen molar-refractivity contribution < 1.29 is 9.82 Å². The van der Waals surface area contributed by atoms with Crippen LogP contribution < -0.4 is 16.5 Å². The van der Waals surface area contributed by atoms with E-state index in [-0.39, 0.29) is 6.54 Å². The molecule has 0 unspecified atom stereocenters. The summed E-state index contributed by atoms with van der Waals surface area (Å²) < 4.78 is 1.71. The number of carbonyl (C=O) groups is 1. The topological polar surface area (TPSA) is 163 Å². The summed E-state index contributed by atoms with van der Waals surface area (Å²) >= 11 is 0. The van der Waals surface area contributed by atoms with Gasteiger partial charge in [0.15, 0.2) is 5.65 Å². The summed E-state index contributed by atoms with van der Waals surface area (Å²) in [5.41, 5.74) is 12.4. The molecule has 38 heavy (non-hydrogen) atoms. The fourth-order valence-electron chi connectivity index (χ4n) is 4.37. The molecule has 1 aliphatic rings. The molecule has 5 N–H and O–H groups in total. The first-order valence-corrected chi connectivity index (χ1v) is 11.9. The number of benzene rings is 1. The summed E-state index contributed by atoms with van der Waals surface area (Å²) in [6, 6.07) is 15.2. The van der Waals surface area contributed by atoms with Crippen LogP contribution in [-0.4, -0.2) is 65.2 Å². The van der Waals surface area contributed by atoms with Gasteiger partial charge in [-0.2, -0.15) is 10.2 Å². The van der Waals surface area contributed by atoms with Crippen LogP contribution in [0.4, 0.5) is 5.69 Å². The predicted molar refractivity (Wildman–Crippen MR) is 143 cm³/mol. The van der Waals surface area contributed by atoms with E-state index in [9.17, 15) is 9.82 Å². The Kier molecular flexibility index (Phi) is 5.90. The first-order chi connectivity index (χ1) is 18.5. The van der Waals surface area contributed by atoms with Crippen LogP contribution in [-0.2, 0) is 11.3 Å². The van der Waals surface area contributed by atoms with Crippen molar-refractivity contribution in [1.29, 1.82) is 0 Å². The van der Waals surface area contributed by atoms with E-state index in [2.05, 4.69) is 25.5 Å². The van der Waals surface area contributed by atoms with Gasteiger partial charge in [0.05, 0.1) is 36.4 Å². The van der Waals surface area contributed by atoms with E-state index >= 15 is 0 Å². The molecule has 0 fully saturated rings. The summed E-state index contributed by atoms with van der Waals surface area (Å²) in [6.45, 7) is 2.12. The fraction of sp³-hybridized carbons (Fsp3) is 0.120. The molecule has 5 heterocycles. The van der Waals surface area contributed by atoms with E-state index in [0.717, 1.165) is 44.6 Å². The van der Waals surface area contributed by atoms with E-state index in [1.807, 2.05) is 55.6 Å². The lowest BCUT2D eigenvalue weighted by molar-refractivity contribution is -0.125. The Bertz CT molecular complexity index is 1690. The van der Waals surface area contributed by atoms with Gasteiger partial charge in [0, 0.05) is 23.1 Å². The molecule has 0 saturated heterocycles. The van der Waals surface area contributed by atoms with Gasteiger partial charge in [0.2, 0.25) is 5.91 Å². The molecule has 0 aliphatic carbocycles. The quantitative estimate of drug-likeness (QED) is 0.247. The second-order valence-electron chi connectivity index (χ2n) is 8.81. The van der Waals surface area contributed by atoms with Gasteiger partial charge in [-0.05, 0) is 54.3 Å². The first-order valence-electron chi connectivity index (χ1n) is 11.9. The standard InChI is InChI=1S/C25H23BN10O2/c1-15-3-2-4-20(32-15)25-24(16-5-8-22-29-14-31-35(22)13-16)33-21(34-25)12-28-18-6-7-19-17(9-18)11-30-36(26(19)38)23(37)10-27/h2-9,11,13-14,28,38H,10,12,27H2,1H3,(H,33,34). The number of rotatable bonds is 6. The van der Waals surface area contributed by atoms with Gasteiger partial charge >= 0.3 is 7.05 Å². The number of hydrazone groups is 1. The third kappa shape index (κ3) is 4.29. The second kappa shape index (κ2) is 9.54. The van der Waals surface area contributed by atoms with E-state index < -0.39 is 13.0 Å². The number of aryl methyl sites for hydroxylation is 1. The number of nitrogens with two attached hydrogens (primary N) is 1. The summed E-state index contributed by atoms with van der Waals surface area (Å²) in [7, 11) is -1.18. The van der Waals surface area contributed by atoms with Crippen LogP contribution in [0.2, 0.25) is 0 Å². The van der Waals surface area contributed by atoms with Crippen LogP contribution in [0.25, 0.3) is 28.3 Å². The zero-order valence-corrected chi connectivity index (χ0v) is 20.4. The maximum Gasteiger partial charge on any atom is 0.474 e. The lowest BCUT2D eigenvalue weighted by atomic mass is 9.69. The van der Waals surface area contributed by atoms with E-state index in [1.54, 1.807) is 10.6 Å². The largest absolute Gasteiger partial charge is 0.474 e. The van der Waals surface area contributed by atoms with Crippen LogP contribution in [0.15, 0.2) is 66.2 Å². The number of aromatic amines is 1. The van der Waals surface area contributed by atoms with Gasteiger partial charge in [-0.1, -0.05) is 12.1 Å². The van der Waals surface area contributed by atoms with Crippen LogP contribution in [0.3, 0.4) is 0 Å². The van der Waals surface area contributed by atoms with Gasteiger partial charge in [-0.15, -0.1) is 0 Å². The second-order valence-corrected chi connectivity index (χ2v) is 8.81. The molecule has 0 saturated carbocycles. The third-order valence-corrected chi connectivity index (χ3v) is 6.25. The summed E-state index contributed by atoms with van der Waals surface area (Å²) in [4.78, 5) is 30.1. The first kappa shape index (κ1) is 23.5. The number of pyridine rings is 2. The SMILES string of the molecule is Cc1cccc(-c2[nH]c(CNc3ccc4c(c3)C=NN(C(=O)CN)B4O)nc2-c2ccc3ncnn3c2)n1. The molecule has 1 amide bonds. The van der Waals surface area contributed by atoms with Gasteiger partial charge in [0.1, 0.15) is 12.2 Å². The average molecular weight is 506 g/mol. The van der Waals surface area contributed by atoms with Crippen molar-refractivity contribution in [3.63, 3.8) is 0 Å². The van der Waals surface area contributed by atoms with Gasteiger partial charge in [-0.25, -0.2) is 19.4 Å². The van der Waals surface area contributed by atoms with Gasteiger partial charge < -0.3 is 21.1 Å². The molecule has 4 aromatic heterocycles. The highest BCUT2D eigenvalue weighted by molar-refractivity contribution is 6.67. The number of nitrogens with zero attached hydrogens (tertiary/aromatic N) is 7. The number of aromatic nitrogens is 6. The minimum Gasteiger partial charge on any atom is -0.427 e. The minimum atomic E-state index is -1.18. The highest BCUT2D eigenvalue weighted by Crippen LogP contribution is 2.29. The average Bonchev–Trinajstić information content (AvgIpc) is 3.58. The number of anilines is 1. The smallest absolute Gasteiger partial charge is 0.427 e. The summed E-state index contributed by atoms with van der Waals surface area (Å²) in [6.07, 6.45) is 4.94. The summed E-state index contributed by atoms with van der Waals surface area (Å²) in [5.74, 6) is 0.250. The minimum absolute atomic E-state index is 0.235. The zero-order chi connectivity index (χ0) is 26.2. The lowest BCUT2D eigenvalue weighted by Crippen LogP contribution is -2.53. The zero-order valence-electron chi connectivity index (χ0n) is 20.4. The molecule has 1 aliphatic heterocycles. The van der Waals surface area contributed by atoms with Crippen molar-refractivity contribution in [2.75, 3.05) is 11.9 Å². The molecule has 12 nitrogen and oxygen atoms in total. The molecule has 5 aromatic rings. The van der Waals surface area contributed by atoms with Crippen LogP contribution in [0, 0.1) is 6.92 Å². The number of amides is 1. The predicted octanol–water partition coefficient (Wildman–Crippen LogP) is 0.924. The van der Waals surface area contributed by atoms with Crippen LogP contribution in [0.1, 0.15) is 17.1 Å². The number of hydrogen-bond donors (Lipinski definition) is 4. The van der Waals surface area contributed by atoms with Gasteiger partial charge in [-0.3, -0.25) is 9.78 Å². The van der Waals surface area contributed by atoms with E-state index in [1.165, 1.54) is 12.5 Å². The van der Waals surface area contributed by atoms with Crippen molar-refractivity contribution in [2.45, 2.75) is 13.5 Å². The molecule has 0 radical (unpaired) electrons. The number of carbonyl (C=O) groups excluding carboxylic acids is 1. The number of imidazole rings is 1. The molecule has 0 atom stereocenters. The van der Waals surface area contributed by atoms with E-state index in [4.69, 9.17) is 15.7 Å². The third-order valence-electron chi connectivity index (χ3n) is 6.25. The maximum absolute atomic E-state index is 11.9. The van der Waals surface area contributed by atoms with Crippen molar-refractivity contribution in [1.82, 2.24) is 34.5 Å². The van der Waals surface area contributed by atoms with Crippen molar-refractivity contribution in [3.05, 3.63) is 78.1 Å². The van der Waals surface area contributed by atoms with Gasteiger partial charge in [0.25, 0.3) is 0 Å². The molecule has 13 heteroatoms. The number of fused-ring (bicyclic) bond motifs is 2. The highest BCUT2D eigenvalue weighted by Gasteiger charge is 2.32. The van der Waals surface area contributed by atoms with Crippen molar-refractivity contribution in [2.24, 2.45) is 10.8 Å². The Hall–Kier alpha value is -4.88.